The van der Waals surface area contributed by atoms with E-state index in [0.29, 0.717) is 12.6 Å². The average molecular weight is 330 g/mol. The van der Waals surface area contributed by atoms with Crippen LogP contribution in [0, 0.1) is 0 Å². The number of hydrogen-bond donors (Lipinski definition) is 1. The molecule has 4 nitrogen and oxygen atoms in total. The molecule has 1 unspecified atom stereocenters. The second-order valence-electron chi connectivity index (χ2n) is 6.53. The van der Waals surface area contributed by atoms with Crippen LogP contribution in [0.25, 0.3) is 0 Å². The lowest BCUT2D eigenvalue weighted by molar-refractivity contribution is 0.180. The fraction of sp³-hybridized carbons (Fsp3) is 0.800. The Balaban J connectivity index is 2.15. The molecule has 2 rings (SSSR count). The summed E-state index contributed by atoms with van der Waals surface area (Å²) in [6.07, 6.45) is 0. The maximum Gasteiger partial charge on any atom is 0.111 e. The predicted octanol–water partition coefficient (Wildman–Crippen LogP) is 2.90. The zero-order valence-corrected chi connectivity index (χ0v) is 15.4. The number of thiazole rings is 1. The van der Waals surface area contributed by atoms with Crippen LogP contribution in [-0.2, 0) is 17.9 Å². The van der Waals surface area contributed by atoms with Crippen molar-refractivity contribution in [1.82, 2.24) is 15.2 Å². The van der Waals surface area contributed by atoms with Crippen molar-refractivity contribution in [2.75, 3.05) is 32.2 Å². The van der Waals surface area contributed by atoms with E-state index in [0.717, 1.165) is 24.5 Å². The van der Waals surface area contributed by atoms with Crippen molar-refractivity contribution in [3.63, 3.8) is 0 Å². The van der Waals surface area contributed by atoms with E-state index in [9.17, 15) is 0 Å². The smallest absolute Gasteiger partial charge is 0.111 e. The molecule has 120 valence electrons. The first-order chi connectivity index (χ1) is 9.90. The zero-order chi connectivity index (χ0) is 15.5. The van der Waals surface area contributed by atoms with E-state index < -0.39 is 0 Å². The Kier molecular flexibility index (Phi) is 6.08. The third-order valence-electron chi connectivity index (χ3n) is 3.54. The van der Waals surface area contributed by atoms with Gasteiger partial charge in [0.05, 0.1) is 18.3 Å². The molecule has 1 aromatic heterocycles. The third-order valence-corrected chi connectivity index (χ3v) is 5.76. The van der Waals surface area contributed by atoms with Gasteiger partial charge in [0.2, 0.25) is 0 Å². The summed E-state index contributed by atoms with van der Waals surface area (Å²) < 4.78 is 5.33. The molecule has 0 radical (unpaired) electrons. The van der Waals surface area contributed by atoms with Gasteiger partial charge in [-0.15, -0.1) is 11.3 Å². The zero-order valence-electron chi connectivity index (χ0n) is 13.7. The predicted molar refractivity (Wildman–Crippen MR) is 92.1 cm³/mol. The van der Waals surface area contributed by atoms with Crippen molar-refractivity contribution in [1.29, 1.82) is 0 Å². The SMILES string of the molecule is COCc1nc(C2CSCCN2C)sc1CNC(C)(C)C. The topological polar surface area (TPSA) is 37.4 Å². The number of methoxy groups -OCH3 is 1. The number of ether oxygens (including phenoxy) is 1. The van der Waals surface area contributed by atoms with Gasteiger partial charge in [0.15, 0.2) is 0 Å². The summed E-state index contributed by atoms with van der Waals surface area (Å²) in [6.45, 7) is 9.18. The van der Waals surface area contributed by atoms with Crippen LogP contribution in [0.3, 0.4) is 0 Å². The van der Waals surface area contributed by atoms with Crippen LogP contribution in [0.5, 0.6) is 0 Å². The molecule has 1 atom stereocenters. The highest BCUT2D eigenvalue weighted by molar-refractivity contribution is 7.99. The molecule has 1 aliphatic heterocycles. The first-order valence-electron chi connectivity index (χ1n) is 7.41. The van der Waals surface area contributed by atoms with E-state index in [2.05, 4.69) is 38.0 Å². The Labute approximate surface area is 136 Å². The summed E-state index contributed by atoms with van der Waals surface area (Å²) >= 11 is 3.87. The molecule has 0 amide bonds. The Morgan fingerprint density at radius 1 is 1.43 bits per heavy atom. The molecule has 21 heavy (non-hydrogen) atoms. The lowest BCUT2D eigenvalue weighted by atomic mass is 10.1. The molecule has 0 aromatic carbocycles. The molecule has 1 aliphatic rings. The minimum absolute atomic E-state index is 0.117. The highest BCUT2D eigenvalue weighted by Gasteiger charge is 2.26. The van der Waals surface area contributed by atoms with Gasteiger partial charge in [-0.05, 0) is 27.8 Å². The number of hydrogen-bond acceptors (Lipinski definition) is 6. The minimum atomic E-state index is 0.117. The van der Waals surface area contributed by atoms with Crippen molar-refractivity contribution in [3.05, 3.63) is 15.6 Å². The van der Waals surface area contributed by atoms with Crippen LogP contribution in [-0.4, -0.2) is 47.6 Å². The Bertz CT molecular complexity index is 456. The van der Waals surface area contributed by atoms with E-state index in [1.165, 1.54) is 15.6 Å². The van der Waals surface area contributed by atoms with Crippen molar-refractivity contribution in [2.24, 2.45) is 0 Å². The summed E-state index contributed by atoms with van der Waals surface area (Å²) in [7, 11) is 3.94. The van der Waals surface area contributed by atoms with E-state index in [-0.39, 0.29) is 5.54 Å². The van der Waals surface area contributed by atoms with Gasteiger partial charge in [-0.2, -0.15) is 11.8 Å². The van der Waals surface area contributed by atoms with Crippen molar-refractivity contribution in [3.8, 4) is 0 Å². The molecule has 2 heterocycles. The third kappa shape index (κ3) is 4.93. The van der Waals surface area contributed by atoms with E-state index in [1.807, 2.05) is 23.1 Å². The number of rotatable bonds is 5. The Morgan fingerprint density at radius 3 is 2.81 bits per heavy atom. The number of nitrogens with one attached hydrogen (secondary N) is 1. The number of aromatic nitrogens is 1. The van der Waals surface area contributed by atoms with Gasteiger partial charge in [0.1, 0.15) is 5.01 Å². The molecule has 0 spiro atoms. The van der Waals surface area contributed by atoms with Crippen LogP contribution in [0.4, 0.5) is 0 Å². The van der Waals surface area contributed by atoms with Gasteiger partial charge < -0.3 is 10.1 Å². The van der Waals surface area contributed by atoms with Gasteiger partial charge in [-0.1, -0.05) is 0 Å². The Hall–Kier alpha value is -0.140. The first kappa shape index (κ1) is 17.2. The van der Waals surface area contributed by atoms with E-state index in [1.54, 1.807) is 7.11 Å². The Morgan fingerprint density at radius 2 is 2.19 bits per heavy atom. The maximum atomic E-state index is 5.33. The molecular weight excluding hydrogens is 302 g/mol. The monoisotopic (exact) mass is 329 g/mol. The summed E-state index contributed by atoms with van der Waals surface area (Å²) in [5.74, 6) is 2.37. The molecule has 1 aromatic rings. The number of thioether (sulfide) groups is 1. The van der Waals surface area contributed by atoms with Crippen LogP contribution in [0.2, 0.25) is 0 Å². The summed E-state index contributed by atoms with van der Waals surface area (Å²) in [4.78, 5) is 8.61. The van der Waals surface area contributed by atoms with Gasteiger partial charge in [-0.3, -0.25) is 4.90 Å². The molecule has 0 saturated carbocycles. The second kappa shape index (κ2) is 7.42. The fourth-order valence-electron chi connectivity index (χ4n) is 2.23. The first-order valence-corrected chi connectivity index (χ1v) is 9.38. The van der Waals surface area contributed by atoms with Crippen LogP contribution < -0.4 is 5.32 Å². The van der Waals surface area contributed by atoms with Crippen molar-refractivity contribution >= 4 is 23.1 Å². The molecule has 1 N–H and O–H groups in total. The molecule has 0 bridgehead atoms. The van der Waals surface area contributed by atoms with Gasteiger partial charge in [-0.25, -0.2) is 4.98 Å². The molecule has 1 saturated heterocycles. The quantitative estimate of drug-likeness (QED) is 0.899. The molecule has 1 fully saturated rings. The van der Waals surface area contributed by atoms with Gasteiger partial charge in [0, 0.05) is 42.1 Å². The fourth-order valence-corrected chi connectivity index (χ4v) is 4.72. The average Bonchev–Trinajstić information content (AvgIpc) is 2.80. The van der Waals surface area contributed by atoms with Crippen LogP contribution >= 0.6 is 23.1 Å². The minimum Gasteiger partial charge on any atom is -0.378 e. The summed E-state index contributed by atoms with van der Waals surface area (Å²) in [5.41, 5.74) is 1.21. The largest absolute Gasteiger partial charge is 0.378 e. The summed E-state index contributed by atoms with van der Waals surface area (Å²) in [6, 6.07) is 0.452. The highest BCUT2D eigenvalue weighted by atomic mass is 32.2. The lowest BCUT2D eigenvalue weighted by Crippen LogP contribution is -2.35. The standard InChI is InChI=1S/C15H27N3OS2/c1-15(2,3)16-8-13-11(9-19-5)17-14(21-13)12-10-20-7-6-18(12)4/h12,16H,6-10H2,1-5H3. The summed E-state index contributed by atoms with van der Waals surface area (Å²) in [5, 5.41) is 4.80. The van der Waals surface area contributed by atoms with E-state index in [4.69, 9.17) is 9.72 Å². The van der Waals surface area contributed by atoms with Gasteiger partial charge >= 0.3 is 0 Å². The second-order valence-corrected chi connectivity index (χ2v) is 8.79. The van der Waals surface area contributed by atoms with Crippen molar-refractivity contribution < 1.29 is 4.74 Å². The number of nitrogens with zero attached hydrogens (tertiary/aromatic N) is 2. The molecular formula is C15H27N3OS2. The van der Waals surface area contributed by atoms with Crippen LogP contribution in [0.15, 0.2) is 0 Å². The lowest BCUT2D eigenvalue weighted by Gasteiger charge is -2.30. The van der Waals surface area contributed by atoms with E-state index >= 15 is 0 Å². The van der Waals surface area contributed by atoms with Crippen LogP contribution in [0.1, 0.15) is 42.4 Å². The molecule has 6 heteroatoms. The maximum absolute atomic E-state index is 5.33. The van der Waals surface area contributed by atoms with Gasteiger partial charge in [0.25, 0.3) is 0 Å². The van der Waals surface area contributed by atoms with Crippen molar-refractivity contribution in [2.45, 2.75) is 45.5 Å². The highest BCUT2D eigenvalue weighted by Crippen LogP contribution is 2.33. The molecule has 0 aliphatic carbocycles. The normalized spacial score (nSPS) is 20.9.